The molecule has 1 saturated heterocycles. The van der Waals surface area contributed by atoms with E-state index >= 15 is 4.39 Å². The molecule has 2 unspecified atom stereocenters. The third kappa shape index (κ3) is 5.43. The predicted octanol–water partition coefficient (Wildman–Crippen LogP) is 4.94. The van der Waals surface area contributed by atoms with Crippen LogP contribution in [0.1, 0.15) is 39.2 Å². The van der Waals surface area contributed by atoms with Crippen LogP contribution in [0, 0.1) is 5.92 Å². The Kier molecular flexibility index (Phi) is 7.24. The van der Waals surface area contributed by atoms with Gasteiger partial charge in [0.25, 0.3) is 12.2 Å². The highest BCUT2D eigenvalue weighted by molar-refractivity contribution is 9.10. The van der Waals surface area contributed by atoms with Gasteiger partial charge in [-0.2, -0.15) is 0 Å². The van der Waals surface area contributed by atoms with Gasteiger partial charge in [0.05, 0.1) is 5.92 Å². The van der Waals surface area contributed by atoms with E-state index in [1.54, 1.807) is 20.8 Å². The van der Waals surface area contributed by atoms with Gasteiger partial charge in [0.1, 0.15) is 5.60 Å². The largest absolute Gasteiger partial charge is 0.444 e. The van der Waals surface area contributed by atoms with Gasteiger partial charge in [0.15, 0.2) is 0 Å². The molecule has 2 rings (SSSR count). The average Bonchev–Trinajstić information content (AvgIpc) is 2.65. The number of benzene rings is 1. The lowest BCUT2D eigenvalue weighted by atomic mass is 9.94. The monoisotopic (exact) mass is 478 g/mol. The van der Waals surface area contributed by atoms with Crippen LogP contribution in [0.15, 0.2) is 28.7 Å². The number of ether oxygens (including phenoxy) is 1. The molecule has 5 nitrogen and oxygen atoms in total. The first-order valence-electron chi connectivity index (χ1n) is 9.35. The molecule has 0 bridgehead atoms. The first-order valence-corrected chi connectivity index (χ1v) is 10.1. The molecule has 1 aromatic carbocycles. The zero-order valence-electron chi connectivity index (χ0n) is 16.9. The van der Waals surface area contributed by atoms with Crippen LogP contribution in [0.3, 0.4) is 0 Å². The molecule has 2 amide bonds. The Morgan fingerprint density at radius 2 is 1.83 bits per heavy atom. The molecular formula is C20H26BrF3N2O3. The van der Waals surface area contributed by atoms with Crippen molar-refractivity contribution in [2.45, 2.75) is 51.4 Å². The molecule has 0 radical (unpaired) electrons. The summed E-state index contributed by atoms with van der Waals surface area (Å²) >= 11 is 3.18. The van der Waals surface area contributed by atoms with Gasteiger partial charge in [0.2, 0.25) is 5.91 Å². The summed E-state index contributed by atoms with van der Waals surface area (Å²) in [6.07, 6.45) is -3.15. The smallest absolute Gasteiger partial charge is 0.410 e. The van der Waals surface area contributed by atoms with Crippen LogP contribution in [0.5, 0.6) is 0 Å². The van der Waals surface area contributed by atoms with Crippen molar-refractivity contribution in [3.05, 3.63) is 34.3 Å². The summed E-state index contributed by atoms with van der Waals surface area (Å²) in [4.78, 5) is 27.0. The van der Waals surface area contributed by atoms with Gasteiger partial charge in [0, 0.05) is 30.2 Å². The molecule has 0 N–H and O–H groups in total. The molecule has 162 valence electrons. The highest BCUT2D eigenvalue weighted by Crippen LogP contribution is 2.38. The lowest BCUT2D eigenvalue weighted by Crippen LogP contribution is -2.54. The molecule has 0 saturated carbocycles. The second-order valence-electron chi connectivity index (χ2n) is 8.14. The Morgan fingerprint density at radius 3 is 2.34 bits per heavy atom. The number of nitrogens with zero attached hydrogens (tertiary/aromatic N) is 2. The van der Waals surface area contributed by atoms with Gasteiger partial charge >= 0.3 is 6.09 Å². The number of carbonyl (C=O) groups excluding carboxylic acids is 2. The molecule has 2 atom stereocenters. The number of hydrogen-bond donors (Lipinski definition) is 0. The van der Waals surface area contributed by atoms with Gasteiger partial charge in [-0.05, 0) is 45.7 Å². The van der Waals surface area contributed by atoms with E-state index in [9.17, 15) is 18.4 Å². The number of piperidine rings is 1. The molecule has 9 heteroatoms. The maximum Gasteiger partial charge on any atom is 0.410 e. The normalized spacial score (nSPS) is 19.6. The van der Waals surface area contributed by atoms with Gasteiger partial charge in [-0.1, -0.05) is 28.1 Å². The minimum Gasteiger partial charge on any atom is -0.444 e. The third-order valence-electron chi connectivity index (χ3n) is 4.78. The molecule has 1 fully saturated rings. The molecular weight excluding hydrogens is 453 g/mol. The number of likely N-dealkylation sites (tertiary alicyclic amines) is 1. The highest BCUT2D eigenvalue weighted by atomic mass is 79.9. The molecule has 1 aromatic rings. The van der Waals surface area contributed by atoms with E-state index in [2.05, 4.69) is 15.9 Å². The van der Waals surface area contributed by atoms with Crippen LogP contribution in [0.2, 0.25) is 0 Å². The second kappa shape index (κ2) is 8.93. The van der Waals surface area contributed by atoms with E-state index in [0.717, 1.165) is 7.05 Å². The highest BCUT2D eigenvalue weighted by Gasteiger charge is 2.50. The van der Waals surface area contributed by atoms with Crippen LogP contribution in [-0.2, 0) is 15.3 Å². The van der Waals surface area contributed by atoms with Crippen molar-refractivity contribution in [2.75, 3.05) is 20.1 Å². The summed E-state index contributed by atoms with van der Waals surface area (Å²) in [7, 11) is 1.03. The fraction of sp³-hybridized carbons (Fsp3) is 0.600. The first-order chi connectivity index (χ1) is 13.4. The van der Waals surface area contributed by atoms with Gasteiger partial charge < -0.3 is 14.5 Å². The lowest BCUT2D eigenvalue weighted by molar-refractivity contribution is -0.173. The Balaban J connectivity index is 2.20. The van der Waals surface area contributed by atoms with E-state index in [-0.39, 0.29) is 12.1 Å². The number of rotatable bonds is 4. The minimum absolute atomic E-state index is 0.00224. The topological polar surface area (TPSA) is 49.9 Å². The van der Waals surface area contributed by atoms with Crippen molar-refractivity contribution in [1.29, 1.82) is 0 Å². The van der Waals surface area contributed by atoms with Crippen molar-refractivity contribution in [1.82, 2.24) is 9.80 Å². The SMILES string of the molecule is CN(C(=O)C1CCCN(C(=O)OC(C)(C)C)C1)C(F)(c1ccc(Br)cc1)C(F)F. The van der Waals surface area contributed by atoms with Crippen LogP contribution in [0.25, 0.3) is 0 Å². The second-order valence-corrected chi connectivity index (χ2v) is 9.06. The standard InChI is InChI=1S/C20H26BrF3N2O3/c1-19(2,3)29-18(28)26-11-5-6-13(12-26)16(27)25(4)20(24,17(22)23)14-7-9-15(21)10-8-14/h7-10,13,17H,5-6,11-12H2,1-4H3. The Morgan fingerprint density at radius 1 is 1.24 bits per heavy atom. The lowest BCUT2D eigenvalue weighted by Gasteiger charge is -2.39. The Bertz CT molecular complexity index is 739. The van der Waals surface area contributed by atoms with E-state index in [0.29, 0.717) is 28.8 Å². The molecule has 0 aliphatic carbocycles. The molecule has 0 aromatic heterocycles. The van der Waals surface area contributed by atoms with Crippen LogP contribution in [0.4, 0.5) is 18.0 Å². The number of amides is 2. The quantitative estimate of drug-likeness (QED) is 0.575. The molecule has 1 heterocycles. The van der Waals surface area contributed by atoms with Crippen molar-refractivity contribution < 1.29 is 27.5 Å². The summed E-state index contributed by atoms with van der Waals surface area (Å²) < 4.78 is 49.0. The summed E-state index contributed by atoms with van der Waals surface area (Å²) in [6.45, 7) is 5.57. The fourth-order valence-corrected chi connectivity index (χ4v) is 3.52. The maximum absolute atomic E-state index is 15.5. The van der Waals surface area contributed by atoms with Crippen LogP contribution >= 0.6 is 15.9 Å². The number of carbonyl (C=O) groups is 2. The number of hydrogen-bond acceptors (Lipinski definition) is 3. The van der Waals surface area contributed by atoms with Gasteiger partial charge in [-0.15, -0.1) is 0 Å². The summed E-state index contributed by atoms with van der Waals surface area (Å²) in [5.74, 6) is -4.83. The summed E-state index contributed by atoms with van der Waals surface area (Å²) in [5, 5.41) is 0. The first kappa shape index (κ1) is 23.5. The van der Waals surface area contributed by atoms with Crippen molar-refractivity contribution in [2.24, 2.45) is 5.92 Å². The predicted molar refractivity (Wildman–Crippen MR) is 106 cm³/mol. The van der Waals surface area contributed by atoms with Gasteiger partial charge in [-0.25, -0.2) is 18.0 Å². The zero-order chi connectivity index (χ0) is 22.0. The molecule has 29 heavy (non-hydrogen) atoms. The number of alkyl halides is 3. The molecule has 1 aliphatic rings. The van der Waals surface area contributed by atoms with Crippen LogP contribution < -0.4 is 0 Å². The van der Waals surface area contributed by atoms with E-state index in [4.69, 9.17) is 4.74 Å². The van der Waals surface area contributed by atoms with Crippen LogP contribution in [-0.4, -0.2) is 54.0 Å². The molecule has 1 aliphatic heterocycles. The Hall–Kier alpha value is -1.77. The average molecular weight is 479 g/mol. The summed E-state index contributed by atoms with van der Waals surface area (Å²) in [6, 6.07) is 5.31. The van der Waals surface area contributed by atoms with E-state index in [1.807, 2.05) is 0 Å². The van der Waals surface area contributed by atoms with E-state index < -0.39 is 35.7 Å². The minimum atomic E-state index is -3.44. The maximum atomic E-state index is 15.5. The van der Waals surface area contributed by atoms with Gasteiger partial charge in [-0.3, -0.25) is 4.79 Å². The summed E-state index contributed by atoms with van der Waals surface area (Å²) in [5.41, 5.74) is -1.01. The zero-order valence-corrected chi connectivity index (χ0v) is 18.5. The van der Waals surface area contributed by atoms with Crippen molar-refractivity contribution in [3.8, 4) is 0 Å². The Labute approximate surface area is 177 Å². The third-order valence-corrected chi connectivity index (χ3v) is 5.31. The van der Waals surface area contributed by atoms with E-state index in [1.165, 1.54) is 29.2 Å². The molecule has 0 spiro atoms. The number of halogens is 4. The van der Waals surface area contributed by atoms with Crippen molar-refractivity contribution >= 4 is 27.9 Å². The van der Waals surface area contributed by atoms with Crippen molar-refractivity contribution in [3.63, 3.8) is 0 Å². The fourth-order valence-electron chi connectivity index (χ4n) is 3.25.